The van der Waals surface area contributed by atoms with E-state index in [0.29, 0.717) is 6.54 Å². The quantitative estimate of drug-likeness (QED) is 0.427. The lowest BCUT2D eigenvalue weighted by Gasteiger charge is -2.18. The molecule has 0 fully saturated rings. The SMILES string of the molecule is CCCCCN(CC(=O)Cl)C(=O)OC.c1ccc2c(c1)Cc1ccccc1-2. The van der Waals surface area contributed by atoms with Crippen molar-refractivity contribution in [2.24, 2.45) is 0 Å². The lowest BCUT2D eigenvalue weighted by Crippen LogP contribution is -2.35. The highest BCUT2D eigenvalue weighted by atomic mass is 35.5. The summed E-state index contributed by atoms with van der Waals surface area (Å²) in [7, 11) is 1.29. The van der Waals surface area contributed by atoms with Crippen LogP contribution in [0.5, 0.6) is 0 Å². The Morgan fingerprint density at radius 3 is 2.04 bits per heavy atom. The molecular weight excluding hydrogens is 362 g/mol. The second kappa shape index (κ2) is 10.7. The second-order valence-electron chi connectivity index (χ2n) is 6.44. The van der Waals surface area contributed by atoms with Crippen molar-refractivity contribution in [3.8, 4) is 11.1 Å². The standard InChI is InChI=1S/C13H10.C9H16ClNO3/c1-3-7-12-10(5-1)9-11-6-2-4-8-13(11)12;1-3-4-5-6-11(7-8(10)12)9(13)14-2/h1-8H,9H2;3-7H2,1-2H3. The summed E-state index contributed by atoms with van der Waals surface area (Å²) in [5.74, 6) is 0. The molecule has 27 heavy (non-hydrogen) atoms. The molecule has 4 nitrogen and oxygen atoms in total. The fourth-order valence-corrected chi connectivity index (χ4v) is 3.29. The molecule has 2 aromatic carbocycles. The third kappa shape index (κ3) is 6.10. The number of hydrogen-bond acceptors (Lipinski definition) is 3. The van der Waals surface area contributed by atoms with E-state index < -0.39 is 11.3 Å². The predicted octanol–water partition coefficient (Wildman–Crippen LogP) is 5.27. The molecule has 5 heteroatoms. The Kier molecular flexibility index (Phi) is 8.34. The molecule has 0 bridgehead atoms. The summed E-state index contributed by atoms with van der Waals surface area (Å²) in [5, 5.41) is -0.549. The normalized spacial score (nSPS) is 10.9. The minimum absolute atomic E-state index is 0.0854. The number of halogens is 1. The van der Waals surface area contributed by atoms with Gasteiger partial charge in [-0.15, -0.1) is 0 Å². The van der Waals surface area contributed by atoms with Crippen LogP contribution in [0, 0.1) is 0 Å². The maximum absolute atomic E-state index is 11.1. The minimum Gasteiger partial charge on any atom is -0.453 e. The van der Waals surface area contributed by atoms with Crippen molar-refractivity contribution in [2.45, 2.75) is 32.6 Å². The molecule has 0 atom stereocenters. The lowest BCUT2D eigenvalue weighted by molar-refractivity contribution is -0.112. The monoisotopic (exact) mass is 387 g/mol. The van der Waals surface area contributed by atoms with Gasteiger partial charge < -0.3 is 4.74 Å². The van der Waals surface area contributed by atoms with E-state index in [-0.39, 0.29) is 6.54 Å². The largest absolute Gasteiger partial charge is 0.453 e. The number of ether oxygens (including phenoxy) is 1. The fraction of sp³-hybridized carbons (Fsp3) is 0.364. The van der Waals surface area contributed by atoms with Gasteiger partial charge in [0.15, 0.2) is 0 Å². The summed E-state index contributed by atoms with van der Waals surface area (Å²) in [6.45, 7) is 2.49. The Labute approximate surface area is 166 Å². The van der Waals surface area contributed by atoms with Crippen LogP contribution < -0.4 is 0 Å². The number of carbonyl (C=O) groups is 2. The van der Waals surface area contributed by atoms with Crippen molar-refractivity contribution >= 4 is 22.9 Å². The molecule has 1 aliphatic rings. The number of carbonyl (C=O) groups excluding carboxylic acids is 2. The van der Waals surface area contributed by atoms with Crippen LogP contribution >= 0.6 is 11.6 Å². The molecule has 1 amide bonds. The third-order valence-corrected chi connectivity index (χ3v) is 4.60. The van der Waals surface area contributed by atoms with Crippen molar-refractivity contribution in [1.82, 2.24) is 4.90 Å². The molecule has 2 aromatic rings. The summed E-state index contributed by atoms with van der Waals surface area (Å²) in [5.41, 5.74) is 5.75. The van der Waals surface area contributed by atoms with Crippen molar-refractivity contribution < 1.29 is 14.3 Å². The second-order valence-corrected chi connectivity index (χ2v) is 6.87. The number of unbranched alkanes of at least 4 members (excludes halogenated alkanes) is 2. The average Bonchev–Trinajstić information content (AvgIpc) is 3.05. The van der Waals surface area contributed by atoms with Crippen LogP contribution in [0.3, 0.4) is 0 Å². The van der Waals surface area contributed by atoms with Crippen molar-refractivity contribution in [3.05, 3.63) is 59.7 Å². The smallest absolute Gasteiger partial charge is 0.409 e. The Hall–Kier alpha value is -2.33. The zero-order valence-corrected chi connectivity index (χ0v) is 16.7. The minimum atomic E-state index is -0.549. The molecule has 0 saturated carbocycles. The fourth-order valence-electron chi connectivity index (χ4n) is 3.15. The van der Waals surface area contributed by atoms with E-state index in [4.69, 9.17) is 11.6 Å². The number of fused-ring (bicyclic) bond motifs is 3. The van der Waals surface area contributed by atoms with Gasteiger partial charge in [0.1, 0.15) is 0 Å². The molecular formula is C22H26ClNO3. The van der Waals surface area contributed by atoms with Gasteiger partial charge in [0, 0.05) is 6.54 Å². The first-order valence-electron chi connectivity index (χ1n) is 9.24. The zero-order chi connectivity index (χ0) is 19.6. The van der Waals surface area contributed by atoms with E-state index in [0.717, 1.165) is 25.7 Å². The Bertz CT molecular complexity index is 732. The van der Waals surface area contributed by atoms with Gasteiger partial charge >= 0.3 is 6.09 Å². The molecule has 0 aromatic heterocycles. The van der Waals surface area contributed by atoms with Crippen LogP contribution in [-0.2, 0) is 16.0 Å². The number of hydrogen-bond donors (Lipinski definition) is 0. The van der Waals surface area contributed by atoms with Crippen LogP contribution in [0.15, 0.2) is 48.5 Å². The number of benzene rings is 2. The lowest BCUT2D eigenvalue weighted by atomic mass is 10.1. The molecule has 0 heterocycles. The van der Waals surface area contributed by atoms with E-state index in [1.54, 1.807) is 0 Å². The van der Waals surface area contributed by atoms with Gasteiger partial charge in [-0.05, 0) is 46.7 Å². The molecule has 0 N–H and O–H groups in total. The number of rotatable bonds is 6. The van der Waals surface area contributed by atoms with Gasteiger partial charge in [-0.25, -0.2) is 4.79 Å². The van der Waals surface area contributed by atoms with E-state index in [9.17, 15) is 9.59 Å². The summed E-state index contributed by atoms with van der Waals surface area (Å²) < 4.78 is 4.52. The van der Waals surface area contributed by atoms with Gasteiger partial charge in [-0.3, -0.25) is 9.69 Å². The van der Waals surface area contributed by atoms with E-state index in [1.165, 1.54) is 34.3 Å². The first kappa shape index (κ1) is 21.0. The molecule has 1 aliphatic carbocycles. The number of nitrogens with zero attached hydrogens (tertiary/aromatic N) is 1. The molecule has 0 saturated heterocycles. The molecule has 0 aliphatic heterocycles. The topological polar surface area (TPSA) is 46.6 Å². The van der Waals surface area contributed by atoms with Gasteiger partial charge in [-0.1, -0.05) is 68.3 Å². The maximum Gasteiger partial charge on any atom is 0.409 e. The van der Waals surface area contributed by atoms with E-state index in [2.05, 4.69) is 60.2 Å². The first-order chi connectivity index (χ1) is 13.1. The maximum atomic E-state index is 11.1. The number of methoxy groups -OCH3 is 1. The van der Waals surface area contributed by atoms with E-state index in [1.807, 2.05) is 0 Å². The molecule has 144 valence electrons. The Morgan fingerprint density at radius 2 is 1.56 bits per heavy atom. The molecule has 0 unspecified atom stereocenters. The first-order valence-corrected chi connectivity index (χ1v) is 9.62. The molecule has 0 spiro atoms. The summed E-state index contributed by atoms with van der Waals surface area (Å²) in [4.78, 5) is 23.1. The number of amides is 1. The van der Waals surface area contributed by atoms with E-state index >= 15 is 0 Å². The van der Waals surface area contributed by atoms with Crippen LogP contribution in [0.25, 0.3) is 11.1 Å². The van der Waals surface area contributed by atoms with Crippen LogP contribution in [0.4, 0.5) is 4.79 Å². The van der Waals surface area contributed by atoms with Crippen molar-refractivity contribution in [1.29, 1.82) is 0 Å². The molecule has 3 rings (SSSR count). The predicted molar refractivity (Wildman–Crippen MR) is 109 cm³/mol. The highest BCUT2D eigenvalue weighted by Gasteiger charge is 2.16. The zero-order valence-electron chi connectivity index (χ0n) is 15.9. The van der Waals surface area contributed by atoms with Crippen LogP contribution in [0.1, 0.15) is 37.3 Å². The molecule has 0 radical (unpaired) electrons. The van der Waals surface area contributed by atoms with Gasteiger partial charge in [0.25, 0.3) is 0 Å². The third-order valence-electron chi connectivity index (χ3n) is 4.49. The summed E-state index contributed by atoms with van der Waals surface area (Å²) in [6.07, 6.45) is 3.53. The Balaban J connectivity index is 0.000000193. The average molecular weight is 388 g/mol. The van der Waals surface area contributed by atoms with Gasteiger partial charge in [0.05, 0.1) is 13.7 Å². The van der Waals surface area contributed by atoms with Gasteiger partial charge in [0.2, 0.25) is 5.24 Å². The van der Waals surface area contributed by atoms with Crippen LogP contribution in [-0.4, -0.2) is 36.4 Å². The summed E-state index contributed by atoms with van der Waals surface area (Å²) in [6, 6.07) is 17.3. The van der Waals surface area contributed by atoms with Crippen molar-refractivity contribution in [2.75, 3.05) is 20.2 Å². The highest BCUT2D eigenvalue weighted by molar-refractivity contribution is 6.64. The highest BCUT2D eigenvalue weighted by Crippen LogP contribution is 2.35. The summed E-state index contributed by atoms with van der Waals surface area (Å²) >= 11 is 5.20. The van der Waals surface area contributed by atoms with Crippen molar-refractivity contribution in [3.63, 3.8) is 0 Å². The Morgan fingerprint density at radius 1 is 1.00 bits per heavy atom. The van der Waals surface area contributed by atoms with Gasteiger partial charge in [-0.2, -0.15) is 0 Å². The van der Waals surface area contributed by atoms with Crippen LogP contribution in [0.2, 0.25) is 0 Å².